The third-order valence-electron chi connectivity index (χ3n) is 2.83. The zero-order valence-electron chi connectivity index (χ0n) is 11.2. The van der Waals surface area contributed by atoms with Gasteiger partial charge in [-0.15, -0.1) is 0 Å². The molecule has 0 atom stereocenters. The van der Waals surface area contributed by atoms with Gasteiger partial charge in [0.05, 0.1) is 6.54 Å². The number of amides is 1. The first kappa shape index (κ1) is 14.6. The zero-order chi connectivity index (χ0) is 13.1. The Kier molecular flexibility index (Phi) is 7.69. The van der Waals surface area contributed by atoms with Gasteiger partial charge in [0.25, 0.3) is 0 Å². The monoisotopic (exact) mass is 248 g/mol. The van der Waals surface area contributed by atoms with E-state index in [0.717, 1.165) is 18.7 Å². The summed E-state index contributed by atoms with van der Waals surface area (Å²) in [7, 11) is 0. The second-order valence-electron chi connectivity index (χ2n) is 4.48. The van der Waals surface area contributed by atoms with Crippen LogP contribution in [-0.2, 0) is 4.79 Å². The number of para-hydroxylation sites is 1. The normalized spacial score (nSPS) is 10.1. The minimum Gasteiger partial charge on any atom is -0.376 e. The molecule has 0 heterocycles. The molecule has 0 aliphatic heterocycles. The lowest BCUT2D eigenvalue weighted by atomic mass is 10.1. The number of benzene rings is 1. The molecule has 0 bridgehead atoms. The van der Waals surface area contributed by atoms with Crippen LogP contribution in [0.5, 0.6) is 0 Å². The molecular weight excluding hydrogens is 224 g/mol. The van der Waals surface area contributed by atoms with Crippen LogP contribution < -0.4 is 10.6 Å². The Morgan fingerprint density at radius 3 is 2.50 bits per heavy atom. The molecule has 3 nitrogen and oxygen atoms in total. The van der Waals surface area contributed by atoms with Crippen LogP contribution in [0.1, 0.15) is 39.0 Å². The Bertz CT molecular complexity index is 325. The van der Waals surface area contributed by atoms with Crippen molar-refractivity contribution in [1.82, 2.24) is 5.32 Å². The van der Waals surface area contributed by atoms with Gasteiger partial charge in [0, 0.05) is 12.2 Å². The van der Waals surface area contributed by atoms with E-state index in [1.807, 2.05) is 30.3 Å². The molecule has 0 fully saturated rings. The topological polar surface area (TPSA) is 41.1 Å². The van der Waals surface area contributed by atoms with Crippen molar-refractivity contribution in [3.63, 3.8) is 0 Å². The number of nitrogens with one attached hydrogen (secondary N) is 2. The number of hydrogen-bond donors (Lipinski definition) is 2. The Hall–Kier alpha value is -1.51. The molecule has 3 heteroatoms. The first-order valence-corrected chi connectivity index (χ1v) is 6.88. The molecule has 1 aromatic rings. The first-order valence-electron chi connectivity index (χ1n) is 6.88. The standard InChI is InChI=1S/C15H24N2O/c1-2-3-4-5-9-12-16-15(18)13-17-14-10-7-6-8-11-14/h6-8,10-11,17H,2-5,9,12-13H2,1H3,(H,16,18). The highest BCUT2D eigenvalue weighted by Crippen LogP contribution is 2.04. The summed E-state index contributed by atoms with van der Waals surface area (Å²) >= 11 is 0. The second kappa shape index (κ2) is 9.51. The van der Waals surface area contributed by atoms with Gasteiger partial charge in [0.2, 0.25) is 5.91 Å². The predicted molar refractivity (Wildman–Crippen MR) is 76.7 cm³/mol. The fourth-order valence-electron chi connectivity index (χ4n) is 1.76. The second-order valence-corrected chi connectivity index (χ2v) is 4.48. The summed E-state index contributed by atoms with van der Waals surface area (Å²) in [6.07, 6.45) is 6.11. The van der Waals surface area contributed by atoms with Crippen molar-refractivity contribution in [2.45, 2.75) is 39.0 Å². The van der Waals surface area contributed by atoms with E-state index in [1.54, 1.807) is 0 Å². The predicted octanol–water partition coefficient (Wildman–Crippen LogP) is 3.19. The summed E-state index contributed by atoms with van der Waals surface area (Å²) in [4.78, 5) is 11.5. The summed E-state index contributed by atoms with van der Waals surface area (Å²) in [5.74, 6) is 0.0642. The minimum absolute atomic E-state index is 0.0642. The highest BCUT2D eigenvalue weighted by atomic mass is 16.1. The fourth-order valence-corrected chi connectivity index (χ4v) is 1.76. The molecular formula is C15H24N2O. The van der Waals surface area contributed by atoms with E-state index >= 15 is 0 Å². The quantitative estimate of drug-likeness (QED) is 0.659. The fraction of sp³-hybridized carbons (Fsp3) is 0.533. The molecule has 0 unspecified atom stereocenters. The summed E-state index contributed by atoms with van der Waals surface area (Å²) < 4.78 is 0. The smallest absolute Gasteiger partial charge is 0.239 e. The van der Waals surface area contributed by atoms with E-state index in [9.17, 15) is 4.79 Å². The van der Waals surface area contributed by atoms with Crippen molar-refractivity contribution in [3.8, 4) is 0 Å². The van der Waals surface area contributed by atoms with E-state index in [2.05, 4.69) is 17.6 Å². The van der Waals surface area contributed by atoms with Crippen LogP contribution in [0.3, 0.4) is 0 Å². The van der Waals surface area contributed by atoms with Crippen LogP contribution >= 0.6 is 0 Å². The van der Waals surface area contributed by atoms with E-state index < -0.39 is 0 Å². The first-order chi connectivity index (χ1) is 8.83. The molecule has 0 spiro atoms. The molecule has 1 rings (SSSR count). The van der Waals surface area contributed by atoms with Crippen LogP contribution in [-0.4, -0.2) is 19.0 Å². The van der Waals surface area contributed by atoms with Crippen LogP contribution in [0, 0.1) is 0 Å². The number of unbranched alkanes of at least 4 members (excludes halogenated alkanes) is 4. The summed E-state index contributed by atoms with van der Waals surface area (Å²) in [6, 6.07) is 9.78. The van der Waals surface area contributed by atoms with Gasteiger partial charge in [-0.2, -0.15) is 0 Å². The molecule has 0 aliphatic carbocycles. The highest BCUT2D eigenvalue weighted by molar-refractivity contribution is 5.80. The van der Waals surface area contributed by atoms with Gasteiger partial charge in [-0.3, -0.25) is 4.79 Å². The Morgan fingerprint density at radius 1 is 1.06 bits per heavy atom. The maximum absolute atomic E-state index is 11.5. The molecule has 0 radical (unpaired) electrons. The van der Waals surface area contributed by atoms with Gasteiger partial charge < -0.3 is 10.6 Å². The third kappa shape index (κ3) is 6.94. The van der Waals surface area contributed by atoms with Crippen LogP contribution in [0.2, 0.25) is 0 Å². The maximum Gasteiger partial charge on any atom is 0.239 e. The highest BCUT2D eigenvalue weighted by Gasteiger charge is 1.99. The molecule has 1 amide bonds. The molecule has 18 heavy (non-hydrogen) atoms. The van der Waals surface area contributed by atoms with Crippen molar-refractivity contribution < 1.29 is 4.79 Å². The molecule has 2 N–H and O–H groups in total. The van der Waals surface area contributed by atoms with E-state index in [4.69, 9.17) is 0 Å². The van der Waals surface area contributed by atoms with Gasteiger partial charge >= 0.3 is 0 Å². The van der Waals surface area contributed by atoms with Gasteiger partial charge in [-0.1, -0.05) is 50.8 Å². The maximum atomic E-state index is 11.5. The lowest BCUT2D eigenvalue weighted by Crippen LogP contribution is -2.30. The van der Waals surface area contributed by atoms with Gasteiger partial charge in [0.15, 0.2) is 0 Å². The van der Waals surface area contributed by atoms with Crippen molar-refractivity contribution >= 4 is 11.6 Å². The van der Waals surface area contributed by atoms with Crippen molar-refractivity contribution in [1.29, 1.82) is 0 Å². The number of rotatable bonds is 9. The summed E-state index contributed by atoms with van der Waals surface area (Å²) in [5, 5.41) is 6.02. The average molecular weight is 248 g/mol. The number of hydrogen-bond acceptors (Lipinski definition) is 2. The zero-order valence-corrected chi connectivity index (χ0v) is 11.2. The Balaban J connectivity index is 2.01. The average Bonchev–Trinajstić information content (AvgIpc) is 2.41. The number of carbonyl (C=O) groups is 1. The van der Waals surface area contributed by atoms with Gasteiger partial charge in [-0.25, -0.2) is 0 Å². The SMILES string of the molecule is CCCCCCCNC(=O)CNc1ccccc1. The number of carbonyl (C=O) groups excluding carboxylic acids is 1. The summed E-state index contributed by atoms with van der Waals surface area (Å²) in [5.41, 5.74) is 0.982. The van der Waals surface area contributed by atoms with Crippen molar-refractivity contribution in [3.05, 3.63) is 30.3 Å². The van der Waals surface area contributed by atoms with Crippen LogP contribution in [0.25, 0.3) is 0 Å². The third-order valence-corrected chi connectivity index (χ3v) is 2.83. The molecule has 1 aromatic carbocycles. The summed E-state index contributed by atoms with van der Waals surface area (Å²) in [6.45, 7) is 3.34. The molecule has 0 saturated carbocycles. The van der Waals surface area contributed by atoms with Crippen LogP contribution in [0.4, 0.5) is 5.69 Å². The largest absolute Gasteiger partial charge is 0.376 e. The van der Waals surface area contributed by atoms with E-state index in [0.29, 0.717) is 6.54 Å². The Labute approximate surface area is 110 Å². The van der Waals surface area contributed by atoms with Crippen LogP contribution in [0.15, 0.2) is 30.3 Å². The van der Waals surface area contributed by atoms with Crippen molar-refractivity contribution in [2.75, 3.05) is 18.4 Å². The molecule has 0 saturated heterocycles. The minimum atomic E-state index is 0.0642. The van der Waals surface area contributed by atoms with Gasteiger partial charge in [0.1, 0.15) is 0 Å². The number of anilines is 1. The van der Waals surface area contributed by atoms with E-state index in [1.165, 1.54) is 25.7 Å². The molecule has 0 aromatic heterocycles. The molecule has 100 valence electrons. The van der Waals surface area contributed by atoms with Crippen molar-refractivity contribution in [2.24, 2.45) is 0 Å². The lowest BCUT2D eigenvalue weighted by molar-refractivity contribution is -0.119. The molecule has 0 aliphatic rings. The van der Waals surface area contributed by atoms with Gasteiger partial charge in [-0.05, 0) is 18.6 Å². The van der Waals surface area contributed by atoms with E-state index in [-0.39, 0.29) is 5.91 Å². The lowest BCUT2D eigenvalue weighted by Gasteiger charge is -2.07. The Morgan fingerprint density at radius 2 is 1.78 bits per heavy atom.